The molecule has 0 radical (unpaired) electrons. The van der Waals surface area contributed by atoms with E-state index in [1.54, 1.807) is 10.7 Å². The number of nitrogens with one attached hydrogen (secondary N) is 1. The van der Waals surface area contributed by atoms with Gasteiger partial charge in [-0.05, 0) is 19.1 Å². The number of aryl methyl sites for hydroxylation is 2. The molecule has 0 aliphatic rings. The Hall–Kier alpha value is -1.95. The molecule has 4 nitrogen and oxygen atoms in total. The summed E-state index contributed by atoms with van der Waals surface area (Å²) < 4.78 is 15.8. The largest absolute Gasteiger partial charge is 0.329 e. The van der Waals surface area contributed by atoms with Crippen LogP contribution in [0.1, 0.15) is 5.69 Å². The number of aromatic nitrogens is 3. The van der Waals surface area contributed by atoms with E-state index in [0.29, 0.717) is 5.52 Å². The smallest absolute Gasteiger partial charge is 0.188 e. The minimum Gasteiger partial charge on any atom is -0.329 e. The first-order valence-corrected chi connectivity index (χ1v) is 6.27. The van der Waals surface area contributed by atoms with E-state index in [1.165, 1.54) is 23.5 Å². The SMILES string of the molecule is Cc1nn(C)cc1Nc1nc2cc(F)ccc2s1. The maximum atomic E-state index is 13.1. The van der Waals surface area contributed by atoms with E-state index in [2.05, 4.69) is 15.4 Å². The van der Waals surface area contributed by atoms with Crippen molar-refractivity contribution < 1.29 is 4.39 Å². The first-order chi connectivity index (χ1) is 8.61. The normalized spacial score (nSPS) is 11.1. The van der Waals surface area contributed by atoms with Crippen LogP contribution in [-0.4, -0.2) is 14.8 Å². The van der Waals surface area contributed by atoms with Crippen LogP contribution in [-0.2, 0) is 7.05 Å². The van der Waals surface area contributed by atoms with Gasteiger partial charge in [-0.15, -0.1) is 0 Å². The van der Waals surface area contributed by atoms with Crippen molar-refractivity contribution in [2.75, 3.05) is 5.32 Å². The van der Waals surface area contributed by atoms with E-state index in [9.17, 15) is 4.39 Å². The third kappa shape index (κ3) is 1.95. The summed E-state index contributed by atoms with van der Waals surface area (Å²) in [6, 6.07) is 4.62. The fraction of sp³-hybridized carbons (Fsp3) is 0.167. The highest BCUT2D eigenvalue weighted by atomic mass is 32.1. The van der Waals surface area contributed by atoms with E-state index >= 15 is 0 Å². The fourth-order valence-electron chi connectivity index (χ4n) is 1.79. The molecule has 0 amide bonds. The van der Waals surface area contributed by atoms with Crippen molar-refractivity contribution in [1.29, 1.82) is 0 Å². The molecule has 1 aromatic carbocycles. The van der Waals surface area contributed by atoms with Crippen molar-refractivity contribution in [3.05, 3.63) is 35.9 Å². The number of hydrogen-bond acceptors (Lipinski definition) is 4. The van der Waals surface area contributed by atoms with Crippen molar-refractivity contribution in [3.63, 3.8) is 0 Å². The number of fused-ring (bicyclic) bond motifs is 1. The summed E-state index contributed by atoms with van der Waals surface area (Å²) in [5.74, 6) is -0.267. The Labute approximate surface area is 107 Å². The molecule has 0 saturated carbocycles. The van der Waals surface area contributed by atoms with E-state index in [0.717, 1.165) is 21.2 Å². The number of rotatable bonds is 2. The second-order valence-electron chi connectivity index (χ2n) is 4.06. The minimum absolute atomic E-state index is 0.267. The topological polar surface area (TPSA) is 42.7 Å². The van der Waals surface area contributed by atoms with Crippen molar-refractivity contribution >= 4 is 32.4 Å². The molecule has 3 aromatic rings. The van der Waals surface area contributed by atoms with E-state index < -0.39 is 0 Å². The average molecular weight is 262 g/mol. The van der Waals surface area contributed by atoms with Gasteiger partial charge >= 0.3 is 0 Å². The van der Waals surface area contributed by atoms with Crippen LogP contribution in [0.3, 0.4) is 0 Å². The summed E-state index contributed by atoms with van der Waals surface area (Å²) in [5, 5.41) is 8.19. The zero-order chi connectivity index (χ0) is 12.7. The highest BCUT2D eigenvalue weighted by molar-refractivity contribution is 7.22. The number of hydrogen-bond donors (Lipinski definition) is 1. The van der Waals surface area contributed by atoms with Gasteiger partial charge in [-0.1, -0.05) is 11.3 Å². The molecule has 0 spiro atoms. The highest BCUT2D eigenvalue weighted by Gasteiger charge is 2.08. The zero-order valence-corrected chi connectivity index (χ0v) is 10.8. The molecule has 0 atom stereocenters. The lowest BCUT2D eigenvalue weighted by molar-refractivity contribution is 0.629. The number of nitrogens with zero attached hydrogens (tertiary/aromatic N) is 3. The van der Waals surface area contributed by atoms with Gasteiger partial charge in [0.05, 0.1) is 21.6 Å². The summed E-state index contributed by atoms with van der Waals surface area (Å²) in [5.41, 5.74) is 2.49. The highest BCUT2D eigenvalue weighted by Crippen LogP contribution is 2.29. The van der Waals surface area contributed by atoms with Crippen molar-refractivity contribution in [1.82, 2.24) is 14.8 Å². The first kappa shape index (κ1) is 11.2. The monoisotopic (exact) mass is 262 g/mol. The lowest BCUT2D eigenvalue weighted by Crippen LogP contribution is -1.89. The van der Waals surface area contributed by atoms with Crippen LogP contribution < -0.4 is 5.32 Å². The molecule has 1 N–H and O–H groups in total. The summed E-state index contributed by atoms with van der Waals surface area (Å²) in [7, 11) is 1.87. The Kier molecular flexibility index (Phi) is 2.52. The molecule has 0 bridgehead atoms. The second-order valence-corrected chi connectivity index (χ2v) is 5.09. The molecule has 18 heavy (non-hydrogen) atoms. The summed E-state index contributed by atoms with van der Waals surface area (Å²) in [6.45, 7) is 1.93. The van der Waals surface area contributed by atoms with Crippen molar-refractivity contribution in [3.8, 4) is 0 Å². The Bertz CT molecular complexity index is 716. The number of benzene rings is 1. The van der Waals surface area contributed by atoms with Gasteiger partial charge in [0.25, 0.3) is 0 Å². The van der Waals surface area contributed by atoms with Crippen LogP contribution >= 0.6 is 11.3 Å². The van der Waals surface area contributed by atoms with Crippen LogP contribution in [0.4, 0.5) is 15.2 Å². The predicted octanol–water partition coefficient (Wildman–Crippen LogP) is 3.22. The lowest BCUT2D eigenvalue weighted by Gasteiger charge is -1.97. The quantitative estimate of drug-likeness (QED) is 0.771. The standard InChI is InChI=1S/C12H11FN4S/c1-7-10(6-17(2)16-7)15-12-14-9-5-8(13)3-4-11(9)18-12/h3-6H,1-2H3,(H,14,15). The number of halogens is 1. The van der Waals surface area contributed by atoms with Gasteiger partial charge in [0.1, 0.15) is 5.82 Å². The first-order valence-electron chi connectivity index (χ1n) is 5.45. The maximum absolute atomic E-state index is 13.1. The van der Waals surface area contributed by atoms with Crippen LogP contribution in [0.5, 0.6) is 0 Å². The zero-order valence-electron chi connectivity index (χ0n) is 9.94. The van der Waals surface area contributed by atoms with E-state index in [4.69, 9.17) is 0 Å². The second kappa shape index (κ2) is 4.06. The predicted molar refractivity (Wildman–Crippen MR) is 70.8 cm³/mol. The van der Waals surface area contributed by atoms with Crippen LogP contribution in [0, 0.1) is 12.7 Å². The molecular formula is C12H11FN4S. The molecule has 6 heteroatoms. The molecule has 0 aliphatic carbocycles. The lowest BCUT2D eigenvalue weighted by atomic mass is 10.3. The average Bonchev–Trinajstić information content (AvgIpc) is 2.82. The Morgan fingerprint density at radius 1 is 1.39 bits per heavy atom. The molecular weight excluding hydrogens is 251 g/mol. The van der Waals surface area contributed by atoms with Gasteiger partial charge in [-0.25, -0.2) is 9.37 Å². The summed E-state index contributed by atoms with van der Waals surface area (Å²) in [6.07, 6.45) is 1.89. The van der Waals surface area contributed by atoms with Crippen LogP contribution in [0.2, 0.25) is 0 Å². The molecule has 0 unspecified atom stereocenters. The fourth-order valence-corrected chi connectivity index (χ4v) is 2.65. The molecule has 2 aromatic heterocycles. The van der Waals surface area contributed by atoms with E-state index in [-0.39, 0.29) is 5.82 Å². The van der Waals surface area contributed by atoms with Gasteiger partial charge < -0.3 is 5.32 Å². The van der Waals surface area contributed by atoms with Gasteiger partial charge in [0, 0.05) is 19.3 Å². The number of anilines is 2. The van der Waals surface area contributed by atoms with Crippen LogP contribution in [0.15, 0.2) is 24.4 Å². The molecule has 3 rings (SSSR count). The van der Waals surface area contributed by atoms with Gasteiger partial charge in [-0.3, -0.25) is 4.68 Å². The molecule has 0 aliphatic heterocycles. The molecule has 2 heterocycles. The van der Waals surface area contributed by atoms with Gasteiger partial charge in [0.2, 0.25) is 0 Å². The van der Waals surface area contributed by atoms with E-state index in [1.807, 2.05) is 20.2 Å². The molecule has 92 valence electrons. The molecule has 0 saturated heterocycles. The van der Waals surface area contributed by atoms with Gasteiger partial charge in [-0.2, -0.15) is 5.10 Å². The Morgan fingerprint density at radius 2 is 2.22 bits per heavy atom. The third-order valence-corrected chi connectivity index (χ3v) is 3.56. The molecule has 0 fully saturated rings. The maximum Gasteiger partial charge on any atom is 0.188 e. The Morgan fingerprint density at radius 3 is 2.94 bits per heavy atom. The van der Waals surface area contributed by atoms with Crippen LogP contribution in [0.25, 0.3) is 10.2 Å². The van der Waals surface area contributed by atoms with Crippen molar-refractivity contribution in [2.45, 2.75) is 6.92 Å². The third-order valence-electron chi connectivity index (χ3n) is 2.60. The summed E-state index contributed by atoms with van der Waals surface area (Å²) >= 11 is 1.49. The van der Waals surface area contributed by atoms with Gasteiger partial charge in [0.15, 0.2) is 5.13 Å². The van der Waals surface area contributed by atoms with Crippen molar-refractivity contribution in [2.24, 2.45) is 7.05 Å². The number of thiazole rings is 1. The Balaban J connectivity index is 1.97. The minimum atomic E-state index is -0.267. The summed E-state index contributed by atoms with van der Waals surface area (Å²) in [4.78, 5) is 4.35.